The molecular formula is C17H19NO6S2. The van der Waals surface area contributed by atoms with Gasteiger partial charge in [0, 0.05) is 10.9 Å². The van der Waals surface area contributed by atoms with Crippen LogP contribution in [-0.2, 0) is 14.8 Å². The van der Waals surface area contributed by atoms with E-state index < -0.39 is 16.0 Å². The number of benzene rings is 1. The predicted octanol–water partition coefficient (Wildman–Crippen LogP) is 3.11. The summed E-state index contributed by atoms with van der Waals surface area (Å²) in [5, 5.41) is 0.244. The number of anilines is 1. The van der Waals surface area contributed by atoms with Gasteiger partial charge in [-0.15, -0.1) is 11.3 Å². The van der Waals surface area contributed by atoms with Gasteiger partial charge in [-0.25, -0.2) is 13.2 Å². The molecule has 0 amide bonds. The van der Waals surface area contributed by atoms with Crippen molar-refractivity contribution < 1.29 is 27.4 Å². The number of hydrogen-bond donors (Lipinski definition) is 1. The molecule has 0 bridgehead atoms. The topological polar surface area (TPSA) is 90.9 Å². The summed E-state index contributed by atoms with van der Waals surface area (Å²) in [6.07, 6.45) is 0. The van der Waals surface area contributed by atoms with Gasteiger partial charge in [-0.2, -0.15) is 0 Å². The van der Waals surface area contributed by atoms with Crippen molar-refractivity contribution in [2.45, 2.75) is 25.7 Å². The highest BCUT2D eigenvalue weighted by atomic mass is 32.2. The van der Waals surface area contributed by atoms with Crippen LogP contribution in [0.15, 0.2) is 23.1 Å². The van der Waals surface area contributed by atoms with Gasteiger partial charge in [0.2, 0.25) is 0 Å². The number of esters is 1. The van der Waals surface area contributed by atoms with E-state index in [1.807, 2.05) is 6.92 Å². The Balaban J connectivity index is 1.95. The first-order valence-electron chi connectivity index (χ1n) is 8.03. The average Bonchev–Trinajstić information content (AvgIpc) is 2.88. The van der Waals surface area contributed by atoms with Gasteiger partial charge in [-0.1, -0.05) is 0 Å². The number of carbonyl (C=O) groups is 1. The zero-order valence-electron chi connectivity index (χ0n) is 14.6. The van der Waals surface area contributed by atoms with Crippen molar-refractivity contribution in [3.8, 4) is 11.5 Å². The van der Waals surface area contributed by atoms with Gasteiger partial charge in [0.15, 0.2) is 11.5 Å². The van der Waals surface area contributed by atoms with Crippen LogP contribution in [0.5, 0.6) is 11.5 Å². The Labute approximate surface area is 155 Å². The SMILES string of the molecule is CCOC(=O)c1c(NS(=O)(=O)c2ccc3c(c2)OCCO3)sc(C)c1C. The Morgan fingerprint density at radius 2 is 1.92 bits per heavy atom. The number of carbonyl (C=O) groups excluding carboxylic acids is 1. The van der Waals surface area contributed by atoms with Crippen LogP contribution in [0.25, 0.3) is 0 Å². The number of thiophene rings is 1. The van der Waals surface area contributed by atoms with Crippen LogP contribution < -0.4 is 14.2 Å². The molecule has 0 fully saturated rings. The fourth-order valence-corrected chi connectivity index (χ4v) is 4.89. The van der Waals surface area contributed by atoms with Gasteiger partial charge < -0.3 is 14.2 Å². The Hall–Kier alpha value is -2.26. The van der Waals surface area contributed by atoms with Crippen molar-refractivity contribution in [1.29, 1.82) is 0 Å². The van der Waals surface area contributed by atoms with Crippen molar-refractivity contribution in [2.24, 2.45) is 0 Å². The van der Waals surface area contributed by atoms with E-state index in [1.54, 1.807) is 19.9 Å². The van der Waals surface area contributed by atoms with Crippen LogP contribution in [0.4, 0.5) is 5.00 Å². The molecule has 140 valence electrons. The van der Waals surface area contributed by atoms with Gasteiger partial charge in [0.25, 0.3) is 10.0 Å². The van der Waals surface area contributed by atoms with Crippen molar-refractivity contribution in [3.05, 3.63) is 34.2 Å². The van der Waals surface area contributed by atoms with E-state index in [1.165, 1.54) is 23.5 Å². The largest absolute Gasteiger partial charge is 0.486 e. The molecule has 1 aliphatic rings. The molecule has 1 aromatic heterocycles. The highest BCUT2D eigenvalue weighted by Crippen LogP contribution is 2.36. The lowest BCUT2D eigenvalue weighted by molar-refractivity contribution is 0.0527. The molecule has 3 rings (SSSR count). The average molecular weight is 397 g/mol. The van der Waals surface area contributed by atoms with Gasteiger partial charge in [-0.05, 0) is 38.5 Å². The minimum Gasteiger partial charge on any atom is -0.486 e. The molecular weight excluding hydrogens is 378 g/mol. The van der Waals surface area contributed by atoms with Crippen LogP contribution in [0.2, 0.25) is 0 Å². The maximum Gasteiger partial charge on any atom is 0.341 e. The van der Waals surface area contributed by atoms with E-state index in [0.29, 0.717) is 30.3 Å². The number of aryl methyl sites for hydroxylation is 1. The van der Waals surface area contributed by atoms with E-state index in [9.17, 15) is 13.2 Å². The van der Waals surface area contributed by atoms with Crippen molar-refractivity contribution in [2.75, 3.05) is 24.5 Å². The summed E-state index contributed by atoms with van der Waals surface area (Å²) in [6, 6.07) is 4.40. The Kier molecular flexibility index (Phi) is 5.10. The van der Waals surface area contributed by atoms with Crippen LogP contribution in [0.3, 0.4) is 0 Å². The molecule has 26 heavy (non-hydrogen) atoms. The molecule has 0 unspecified atom stereocenters. The molecule has 9 heteroatoms. The first-order chi connectivity index (χ1) is 12.3. The summed E-state index contributed by atoms with van der Waals surface area (Å²) in [6.45, 7) is 6.28. The monoisotopic (exact) mass is 397 g/mol. The van der Waals surface area contributed by atoms with Crippen LogP contribution in [0, 0.1) is 13.8 Å². The normalized spacial score (nSPS) is 13.3. The Bertz CT molecular complexity index is 948. The summed E-state index contributed by atoms with van der Waals surface area (Å²) in [5.74, 6) is 0.336. The summed E-state index contributed by atoms with van der Waals surface area (Å²) in [4.78, 5) is 13.1. The molecule has 2 aromatic rings. The Morgan fingerprint density at radius 1 is 1.23 bits per heavy atom. The zero-order chi connectivity index (χ0) is 18.9. The van der Waals surface area contributed by atoms with E-state index >= 15 is 0 Å². The highest BCUT2D eigenvalue weighted by Gasteiger charge is 2.26. The highest BCUT2D eigenvalue weighted by molar-refractivity contribution is 7.93. The molecule has 0 radical (unpaired) electrons. The molecule has 7 nitrogen and oxygen atoms in total. The minimum absolute atomic E-state index is 0.0280. The number of rotatable bonds is 5. The molecule has 1 N–H and O–H groups in total. The molecule has 1 aliphatic heterocycles. The third-order valence-corrected chi connectivity index (χ3v) is 6.52. The second-order valence-electron chi connectivity index (χ2n) is 5.62. The number of hydrogen-bond acceptors (Lipinski definition) is 7. The van der Waals surface area contributed by atoms with Crippen molar-refractivity contribution in [1.82, 2.24) is 0 Å². The standard InChI is InChI=1S/C17H19NO6S2/c1-4-22-17(19)15-10(2)11(3)25-16(15)18-26(20,21)12-5-6-13-14(9-12)24-8-7-23-13/h5-6,9,18H,4,7-8H2,1-3H3. The third-order valence-electron chi connectivity index (χ3n) is 3.92. The van der Waals surface area contributed by atoms with Gasteiger partial charge in [0.1, 0.15) is 18.2 Å². The maximum absolute atomic E-state index is 12.8. The lowest BCUT2D eigenvalue weighted by atomic mass is 10.2. The Morgan fingerprint density at radius 3 is 2.62 bits per heavy atom. The number of sulfonamides is 1. The lowest BCUT2D eigenvalue weighted by Gasteiger charge is -2.19. The second kappa shape index (κ2) is 7.16. The van der Waals surface area contributed by atoms with Gasteiger partial charge >= 0.3 is 5.97 Å². The first kappa shape index (κ1) is 18.5. The predicted molar refractivity (Wildman–Crippen MR) is 98.0 cm³/mol. The minimum atomic E-state index is -3.90. The van der Waals surface area contributed by atoms with Crippen LogP contribution >= 0.6 is 11.3 Å². The summed E-state index contributed by atoms with van der Waals surface area (Å²) < 4.78 is 44.0. The number of nitrogens with one attached hydrogen (secondary N) is 1. The molecule has 0 saturated heterocycles. The van der Waals surface area contributed by atoms with Crippen LogP contribution in [0.1, 0.15) is 27.7 Å². The van der Waals surface area contributed by atoms with Crippen LogP contribution in [-0.4, -0.2) is 34.2 Å². The summed E-state index contributed by atoms with van der Waals surface area (Å²) in [7, 11) is -3.90. The second-order valence-corrected chi connectivity index (χ2v) is 8.53. The molecule has 1 aromatic carbocycles. The van der Waals surface area contributed by atoms with Crippen molar-refractivity contribution in [3.63, 3.8) is 0 Å². The molecule has 0 saturated carbocycles. The number of fused-ring (bicyclic) bond motifs is 1. The van der Waals surface area contributed by atoms with Gasteiger partial charge in [0.05, 0.1) is 17.1 Å². The smallest absolute Gasteiger partial charge is 0.341 e. The quantitative estimate of drug-likeness (QED) is 0.780. The lowest BCUT2D eigenvalue weighted by Crippen LogP contribution is -2.18. The molecule has 0 aliphatic carbocycles. The third kappa shape index (κ3) is 3.49. The number of ether oxygens (including phenoxy) is 3. The maximum atomic E-state index is 12.8. The van der Waals surface area contributed by atoms with E-state index in [4.69, 9.17) is 14.2 Å². The molecule has 0 spiro atoms. The van der Waals surface area contributed by atoms with Gasteiger partial charge in [-0.3, -0.25) is 4.72 Å². The van der Waals surface area contributed by atoms with Crippen molar-refractivity contribution >= 4 is 32.3 Å². The van der Waals surface area contributed by atoms with E-state index in [0.717, 1.165) is 4.88 Å². The summed E-state index contributed by atoms with van der Waals surface area (Å²) in [5.41, 5.74) is 0.948. The summed E-state index contributed by atoms with van der Waals surface area (Å²) >= 11 is 1.20. The van der Waals surface area contributed by atoms with E-state index in [2.05, 4.69) is 4.72 Å². The molecule has 2 heterocycles. The van der Waals surface area contributed by atoms with E-state index in [-0.39, 0.29) is 22.1 Å². The molecule has 0 atom stereocenters. The fraction of sp³-hybridized carbons (Fsp3) is 0.353. The zero-order valence-corrected chi connectivity index (χ0v) is 16.3. The first-order valence-corrected chi connectivity index (χ1v) is 10.3. The fourth-order valence-electron chi connectivity index (χ4n) is 2.52.